The van der Waals surface area contributed by atoms with Crippen LogP contribution in [0.1, 0.15) is 42.9 Å². The summed E-state index contributed by atoms with van der Waals surface area (Å²) in [6.07, 6.45) is 2.73. The SMILES string of the molecule is CCc1nc([C@@H]2CN(C)C[C@H]2C(=O)NC2CCOCC2)c(C)[nH]1. The van der Waals surface area contributed by atoms with Crippen molar-refractivity contribution >= 4 is 5.91 Å². The first kappa shape index (κ1) is 16.5. The molecule has 1 aromatic heterocycles. The number of imidazole rings is 1. The molecule has 0 aromatic carbocycles. The van der Waals surface area contributed by atoms with Crippen LogP contribution in [0.2, 0.25) is 0 Å². The number of aromatic nitrogens is 2. The number of likely N-dealkylation sites (N-methyl/N-ethyl adjacent to an activating group) is 1. The van der Waals surface area contributed by atoms with Crippen LogP contribution in [-0.2, 0) is 16.0 Å². The average Bonchev–Trinajstić information content (AvgIpc) is 3.10. The van der Waals surface area contributed by atoms with E-state index >= 15 is 0 Å². The maximum Gasteiger partial charge on any atom is 0.225 e. The molecule has 2 aliphatic heterocycles. The molecule has 2 fully saturated rings. The van der Waals surface area contributed by atoms with Crippen LogP contribution < -0.4 is 5.32 Å². The van der Waals surface area contributed by atoms with Crippen molar-refractivity contribution in [2.24, 2.45) is 5.92 Å². The quantitative estimate of drug-likeness (QED) is 0.875. The molecule has 0 spiro atoms. The number of ether oxygens (including phenoxy) is 1. The summed E-state index contributed by atoms with van der Waals surface area (Å²) in [6.45, 7) is 7.34. The molecular weight excluding hydrogens is 292 g/mol. The van der Waals surface area contributed by atoms with Crippen molar-refractivity contribution in [1.29, 1.82) is 0 Å². The Labute approximate surface area is 138 Å². The smallest absolute Gasteiger partial charge is 0.225 e. The Balaban J connectivity index is 1.73. The van der Waals surface area contributed by atoms with E-state index in [2.05, 4.69) is 36.1 Å². The Kier molecular flexibility index (Phi) is 5.02. The van der Waals surface area contributed by atoms with E-state index in [1.165, 1.54) is 0 Å². The van der Waals surface area contributed by atoms with E-state index in [4.69, 9.17) is 9.72 Å². The maximum absolute atomic E-state index is 12.8. The second-order valence-corrected chi connectivity index (χ2v) is 6.88. The van der Waals surface area contributed by atoms with Gasteiger partial charge in [0.05, 0.1) is 11.6 Å². The molecule has 0 unspecified atom stereocenters. The second-order valence-electron chi connectivity index (χ2n) is 6.88. The minimum absolute atomic E-state index is 0.0189. The van der Waals surface area contributed by atoms with Crippen LogP contribution >= 0.6 is 0 Å². The Morgan fingerprint density at radius 1 is 1.39 bits per heavy atom. The van der Waals surface area contributed by atoms with Crippen molar-refractivity contribution in [3.8, 4) is 0 Å². The number of nitrogens with zero attached hydrogens (tertiary/aromatic N) is 2. The number of nitrogens with one attached hydrogen (secondary N) is 2. The Morgan fingerprint density at radius 3 is 2.78 bits per heavy atom. The lowest BCUT2D eigenvalue weighted by molar-refractivity contribution is -0.126. The molecule has 6 nitrogen and oxygen atoms in total. The van der Waals surface area contributed by atoms with Crippen molar-refractivity contribution in [2.75, 3.05) is 33.4 Å². The number of likely N-dealkylation sites (tertiary alicyclic amines) is 1. The predicted molar refractivity (Wildman–Crippen MR) is 88.4 cm³/mol. The van der Waals surface area contributed by atoms with Gasteiger partial charge < -0.3 is 19.9 Å². The van der Waals surface area contributed by atoms with E-state index < -0.39 is 0 Å². The standard InChI is InChI=1S/C17H28N4O2/c1-4-15-18-11(2)16(20-15)13-9-21(3)10-14(13)17(22)19-12-5-7-23-8-6-12/h12-14H,4-10H2,1-3H3,(H,18,20)(H,19,22)/t13-,14-/m1/s1. The van der Waals surface area contributed by atoms with Gasteiger partial charge in [0.2, 0.25) is 5.91 Å². The first-order valence-corrected chi connectivity index (χ1v) is 8.70. The number of amides is 1. The molecule has 2 saturated heterocycles. The van der Waals surface area contributed by atoms with Crippen LogP contribution in [0.4, 0.5) is 0 Å². The first-order valence-electron chi connectivity index (χ1n) is 8.70. The van der Waals surface area contributed by atoms with E-state index in [9.17, 15) is 4.79 Å². The molecule has 2 aliphatic rings. The number of rotatable bonds is 4. The summed E-state index contributed by atoms with van der Waals surface area (Å²) >= 11 is 0. The van der Waals surface area contributed by atoms with Gasteiger partial charge in [0.15, 0.2) is 0 Å². The van der Waals surface area contributed by atoms with Gasteiger partial charge in [0.25, 0.3) is 0 Å². The highest BCUT2D eigenvalue weighted by molar-refractivity contribution is 5.80. The third-order valence-corrected chi connectivity index (χ3v) is 5.06. The molecular formula is C17H28N4O2. The maximum atomic E-state index is 12.8. The number of carbonyl (C=O) groups excluding carboxylic acids is 1. The van der Waals surface area contributed by atoms with Crippen molar-refractivity contribution in [2.45, 2.75) is 45.1 Å². The summed E-state index contributed by atoms with van der Waals surface area (Å²) in [5.74, 6) is 1.34. The highest BCUT2D eigenvalue weighted by atomic mass is 16.5. The number of H-pyrrole nitrogens is 1. The zero-order chi connectivity index (χ0) is 16.4. The molecule has 0 bridgehead atoms. The average molecular weight is 320 g/mol. The molecule has 128 valence electrons. The molecule has 0 saturated carbocycles. The lowest BCUT2D eigenvalue weighted by Crippen LogP contribution is -2.43. The van der Waals surface area contributed by atoms with Gasteiger partial charge in [0, 0.05) is 50.4 Å². The third kappa shape index (κ3) is 3.58. The Bertz CT molecular complexity index is 551. The minimum atomic E-state index is -0.0189. The summed E-state index contributed by atoms with van der Waals surface area (Å²) < 4.78 is 5.37. The lowest BCUT2D eigenvalue weighted by atomic mass is 9.90. The summed E-state index contributed by atoms with van der Waals surface area (Å²) in [5, 5.41) is 3.24. The van der Waals surface area contributed by atoms with Crippen LogP contribution in [0.5, 0.6) is 0 Å². The van der Waals surface area contributed by atoms with Crippen LogP contribution in [0.25, 0.3) is 0 Å². The largest absolute Gasteiger partial charge is 0.381 e. The van der Waals surface area contributed by atoms with Gasteiger partial charge in [-0.3, -0.25) is 4.79 Å². The second kappa shape index (κ2) is 7.01. The van der Waals surface area contributed by atoms with Crippen LogP contribution in [0, 0.1) is 12.8 Å². The molecule has 0 radical (unpaired) electrons. The highest BCUT2D eigenvalue weighted by Crippen LogP contribution is 2.33. The molecule has 3 rings (SSSR count). The summed E-state index contributed by atoms with van der Waals surface area (Å²) in [6, 6.07) is 0.259. The van der Waals surface area contributed by atoms with Gasteiger partial charge in [0.1, 0.15) is 5.82 Å². The van der Waals surface area contributed by atoms with Crippen LogP contribution in [0.3, 0.4) is 0 Å². The summed E-state index contributed by atoms with van der Waals surface area (Å²) in [7, 11) is 2.08. The lowest BCUT2D eigenvalue weighted by Gasteiger charge is -2.26. The molecule has 23 heavy (non-hydrogen) atoms. The zero-order valence-corrected chi connectivity index (χ0v) is 14.4. The van der Waals surface area contributed by atoms with Crippen molar-refractivity contribution in [3.63, 3.8) is 0 Å². The van der Waals surface area contributed by atoms with Gasteiger partial charge in [-0.25, -0.2) is 4.98 Å². The number of aryl methyl sites for hydroxylation is 2. The summed E-state index contributed by atoms with van der Waals surface area (Å²) in [5.41, 5.74) is 2.17. The van der Waals surface area contributed by atoms with Crippen molar-refractivity contribution in [3.05, 3.63) is 17.2 Å². The highest BCUT2D eigenvalue weighted by Gasteiger charge is 2.39. The van der Waals surface area contributed by atoms with Crippen molar-refractivity contribution < 1.29 is 9.53 Å². The Morgan fingerprint density at radius 2 is 2.13 bits per heavy atom. The monoisotopic (exact) mass is 320 g/mol. The van der Waals surface area contributed by atoms with E-state index in [1.807, 2.05) is 0 Å². The normalized spacial score (nSPS) is 26.6. The van der Waals surface area contributed by atoms with Crippen molar-refractivity contribution in [1.82, 2.24) is 20.2 Å². The molecule has 2 atom stereocenters. The molecule has 2 N–H and O–H groups in total. The minimum Gasteiger partial charge on any atom is -0.381 e. The zero-order valence-electron chi connectivity index (χ0n) is 14.4. The Hall–Kier alpha value is -1.40. The fourth-order valence-electron chi connectivity index (χ4n) is 3.76. The summed E-state index contributed by atoms with van der Waals surface area (Å²) in [4.78, 5) is 23.1. The molecule has 1 amide bonds. The molecule has 1 aromatic rings. The number of aromatic amines is 1. The molecule has 3 heterocycles. The third-order valence-electron chi connectivity index (χ3n) is 5.06. The van der Waals surface area contributed by atoms with Crippen LogP contribution in [-0.4, -0.2) is 60.2 Å². The van der Waals surface area contributed by atoms with Crippen LogP contribution in [0.15, 0.2) is 0 Å². The van der Waals surface area contributed by atoms with E-state index in [-0.39, 0.29) is 23.8 Å². The first-order chi connectivity index (χ1) is 11.1. The van der Waals surface area contributed by atoms with E-state index in [0.717, 1.165) is 62.8 Å². The molecule has 6 heteroatoms. The number of carbonyl (C=O) groups is 1. The van der Waals surface area contributed by atoms with Gasteiger partial charge in [-0.1, -0.05) is 6.92 Å². The molecule has 0 aliphatic carbocycles. The predicted octanol–water partition coefficient (Wildman–Crippen LogP) is 1.22. The number of hydrogen-bond acceptors (Lipinski definition) is 4. The van der Waals surface area contributed by atoms with E-state index in [1.54, 1.807) is 0 Å². The fourth-order valence-corrected chi connectivity index (χ4v) is 3.76. The fraction of sp³-hybridized carbons (Fsp3) is 0.765. The number of hydrogen-bond donors (Lipinski definition) is 2. The van der Waals surface area contributed by atoms with Gasteiger partial charge in [-0.2, -0.15) is 0 Å². The van der Waals surface area contributed by atoms with E-state index in [0.29, 0.717) is 0 Å². The van der Waals surface area contributed by atoms with Gasteiger partial charge in [-0.15, -0.1) is 0 Å². The van der Waals surface area contributed by atoms with Gasteiger partial charge in [-0.05, 0) is 26.8 Å². The van der Waals surface area contributed by atoms with Gasteiger partial charge >= 0.3 is 0 Å². The topological polar surface area (TPSA) is 70.2 Å².